The van der Waals surface area contributed by atoms with Crippen LogP contribution in [0.15, 0.2) is 28.6 Å². The lowest BCUT2D eigenvalue weighted by Crippen LogP contribution is -2.26. The van der Waals surface area contributed by atoms with Crippen molar-refractivity contribution in [3.8, 4) is 0 Å². The number of rotatable bonds is 6. The summed E-state index contributed by atoms with van der Waals surface area (Å²) < 4.78 is 0.636. The van der Waals surface area contributed by atoms with Crippen LogP contribution in [0.1, 0.15) is 23.2 Å². The Kier molecular flexibility index (Phi) is 5.14. The molecule has 0 atom stereocenters. The molecule has 9 heteroatoms. The summed E-state index contributed by atoms with van der Waals surface area (Å²) in [4.78, 5) is 23.7. The van der Waals surface area contributed by atoms with Crippen molar-refractivity contribution in [1.29, 1.82) is 0 Å². The summed E-state index contributed by atoms with van der Waals surface area (Å²) in [5, 5.41) is 14.3. The molecule has 1 heterocycles. The second-order valence-electron chi connectivity index (χ2n) is 4.97. The summed E-state index contributed by atoms with van der Waals surface area (Å²) in [6, 6.07) is 7.00. The summed E-state index contributed by atoms with van der Waals surface area (Å²) in [7, 11) is 0. The van der Waals surface area contributed by atoms with Gasteiger partial charge in [-0.05, 0) is 31.0 Å². The number of carbonyl (C=O) groups excluding carboxylic acids is 2. The highest BCUT2D eigenvalue weighted by atomic mass is 35.5. The van der Waals surface area contributed by atoms with Crippen LogP contribution in [0.25, 0.3) is 0 Å². The van der Waals surface area contributed by atoms with Gasteiger partial charge in [-0.25, -0.2) is 0 Å². The fourth-order valence-electron chi connectivity index (χ4n) is 1.74. The Morgan fingerprint density at radius 2 is 2.17 bits per heavy atom. The smallest absolute Gasteiger partial charge is 0.257 e. The highest BCUT2D eigenvalue weighted by Gasteiger charge is 2.23. The average molecular weight is 369 g/mol. The molecular formula is C14H13ClN4O2S2. The Bertz CT molecular complexity index is 733. The first kappa shape index (κ1) is 16.2. The molecule has 23 heavy (non-hydrogen) atoms. The number of amides is 2. The third-order valence-corrected chi connectivity index (χ3v) is 5.19. The van der Waals surface area contributed by atoms with Gasteiger partial charge in [0.1, 0.15) is 0 Å². The zero-order valence-corrected chi connectivity index (χ0v) is 14.3. The number of benzene rings is 1. The molecule has 0 bridgehead atoms. The Labute approximate surface area is 146 Å². The third-order valence-electron chi connectivity index (χ3n) is 2.98. The number of thioether (sulfide) groups is 1. The van der Waals surface area contributed by atoms with Crippen molar-refractivity contribution >= 4 is 51.6 Å². The monoisotopic (exact) mass is 368 g/mol. The highest BCUT2D eigenvalue weighted by molar-refractivity contribution is 8.01. The van der Waals surface area contributed by atoms with Crippen molar-refractivity contribution in [3.63, 3.8) is 0 Å². The Morgan fingerprint density at radius 3 is 2.91 bits per heavy atom. The summed E-state index contributed by atoms with van der Waals surface area (Å²) >= 11 is 8.40. The summed E-state index contributed by atoms with van der Waals surface area (Å²) in [6.07, 6.45) is 2.13. The molecule has 2 N–H and O–H groups in total. The van der Waals surface area contributed by atoms with Crippen molar-refractivity contribution in [2.45, 2.75) is 23.2 Å². The molecule has 0 radical (unpaired) electrons. The molecule has 0 saturated heterocycles. The van der Waals surface area contributed by atoms with Gasteiger partial charge in [0.25, 0.3) is 5.91 Å². The van der Waals surface area contributed by atoms with Crippen LogP contribution in [-0.2, 0) is 4.79 Å². The van der Waals surface area contributed by atoms with E-state index < -0.39 is 0 Å². The largest absolute Gasteiger partial charge is 0.353 e. The van der Waals surface area contributed by atoms with Crippen molar-refractivity contribution in [2.24, 2.45) is 0 Å². The van der Waals surface area contributed by atoms with Gasteiger partial charge in [-0.1, -0.05) is 40.8 Å². The van der Waals surface area contributed by atoms with Gasteiger partial charge in [-0.2, -0.15) is 0 Å². The normalized spacial score (nSPS) is 13.6. The predicted molar refractivity (Wildman–Crippen MR) is 91.2 cm³/mol. The molecule has 120 valence electrons. The van der Waals surface area contributed by atoms with Gasteiger partial charge in [0, 0.05) is 16.6 Å². The highest BCUT2D eigenvalue weighted by Crippen LogP contribution is 2.26. The van der Waals surface area contributed by atoms with E-state index in [-0.39, 0.29) is 11.8 Å². The number of nitrogens with zero attached hydrogens (tertiary/aromatic N) is 2. The summed E-state index contributed by atoms with van der Waals surface area (Å²) in [5.41, 5.74) is 0.450. The summed E-state index contributed by atoms with van der Waals surface area (Å²) in [6.45, 7) is 0. The maximum Gasteiger partial charge on any atom is 0.257 e. The zero-order chi connectivity index (χ0) is 16.2. The minimum atomic E-state index is -0.299. The van der Waals surface area contributed by atoms with Gasteiger partial charge in [-0.15, -0.1) is 10.2 Å². The van der Waals surface area contributed by atoms with Crippen LogP contribution < -0.4 is 10.6 Å². The molecular weight excluding hydrogens is 356 g/mol. The molecule has 2 amide bonds. The van der Waals surface area contributed by atoms with E-state index >= 15 is 0 Å². The first-order chi connectivity index (χ1) is 11.1. The molecule has 0 spiro atoms. The van der Waals surface area contributed by atoms with Crippen LogP contribution >= 0.6 is 34.7 Å². The van der Waals surface area contributed by atoms with Crippen LogP contribution in [0.2, 0.25) is 5.02 Å². The van der Waals surface area contributed by atoms with Gasteiger partial charge in [-0.3, -0.25) is 14.9 Å². The molecule has 1 aliphatic rings. The number of carbonyl (C=O) groups is 2. The van der Waals surface area contributed by atoms with Crippen LogP contribution in [0, 0.1) is 0 Å². The van der Waals surface area contributed by atoms with Crippen molar-refractivity contribution in [1.82, 2.24) is 15.5 Å². The molecule has 1 aromatic heterocycles. The van der Waals surface area contributed by atoms with E-state index in [9.17, 15) is 9.59 Å². The van der Waals surface area contributed by atoms with E-state index in [0.29, 0.717) is 31.9 Å². The molecule has 0 aliphatic heterocycles. The Morgan fingerprint density at radius 1 is 1.35 bits per heavy atom. The number of hydrogen-bond acceptors (Lipinski definition) is 6. The topological polar surface area (TPSA) is 84.0 Å². The van der Waals surface area contributed by atoms with Crippen LogP contribution in [0.3, 0.4) is 0 Å². The lowest BCUT2D eigenvalue weighted by atomic mass is 10.2. The molecule has 6 nitrogen and oxygen atoms in total. The lowest BCUT2D eigenvalue weighted by Gasteiger charge is -2.01. The Balaban J connectivity index is 1.52. The molecule has 2 aromatic rings. The predicted octanol–water partition coefficient (Wildman–Crippen LogP) is 2.81. The van der Waals surface area contributed by atoms with E-state index in [2.05, 4.69) is 20.8 Å². The Hall–Kier alpha value is -1.64. The number of nitrogens with one attached hydrogen (secondary N) is 2. The second-order valence-corrected chi connectivity index (χ2v) is 7.60. The molecule has 0 unspecified atom stereocenters. The van der Waals surface area contributed by atoms with E-state index in [1.165, 1.54) is 23.1 Å². The van der Waals surface area contributed by atoms with E-state index in [0.717, 1.165) is 12.8 Å². The van der Waals surface area contributed by atoms with Crippen LogP contribution in [0.5, 0.6) is 0 Å². The first-order valence-corrected chi connectivity index (χ1v) is 9.11. The molecule has 1 saturated carbocycles. The maximum atomic E-state index is 12.1. The lowest BCUT2D eigenvalue weighted by molar-refractivity contribution is -0.118. The quantitative estimate of drug-likeness (QED) is 0.605. The number of halogens is 1. The van der Waals surface area contributed by atoms with E-state index in [4.69, 9.17) is 11.6 Å². The SMILES string of the molecule is O=C(CSc1nnc(NC(=O)c2cccc(Cl)c2)s1)NC1CC1. The molecule has 1 aromatic carbocycles. The van der Waals surface area contributed by atoms with E-state index in [1.807, 2.05) is 0 Å². The fourth-order valence-corrected chi connectivity index (χ4v) is 3.49. The molecule has 3 rings (SSSR count). The molecule has 1 fully saturated rings. The van der Waals surface area contributed by atoms with Gasteiger partial charge in [0.15, 0.2) is 4.34 Å². The first-order valence-electron chi connectivity index (χ1n) is 6.93. The van der Waals surface area contributed by atoms with Gasteiger partial charge < -0.3 is 5.32 Å². The van der Waals surface area contributed by atoms with Crippen molar-refractivity contribution in [2.75, 3.05) is 11.1 Å². The second kappa shape index (κ2) is 7.29. The van der Waals surface area contributed by atoms with Crippen molar-refractivity contribution < 1.29 is 9.59 Å². The van der Waals surface area contributed by atoms with Crippen LogP contribution in [-0.4, -0.2) is 33.8 Å². The summed E-state index contributed by atoms with van der Waals surface area (Å²) in [5.74, 6) is -0.00297. The van der Waals surface area contributed by atoms with Crippen LogP contribution in [0.4, 0.5) is 5.13 Å². The van der Waals surface area contributed by atoms with Gasteiger partial charge >= 0.3 is 0 Å². The minimum Gasteiger partial charge on any atom is -0.353 e. The number of anilines is 1. The third kappa shape index (κ3) is 4.92. The minimum absolute atomic E-state index is 0.00258. The zero-order valence-electron chi connectivity index (χ0n) is 11.9. The van der Waals surface area contributed by atoms with Crippen molar-refractivity contribution in [3.05, 3.63) is 34.9 Å². The molecule has 1 aliphatic carbocycles. The number of aromatic nitrogens is 2. The maximum absolute atomic E-state index is 12.1. The van der Waals surface area contributed by atoms with Gasteiger partial charge in [0.05, 0.1) is 5.75 Å². The van der Waals surface area contributed by atoms with E-state index in [1.54, 1.807) is 24.3 Å². The fraction of sp³-hybridized carbons (Fsp3) is 0.286. The standard InChI is InChI=1S/C14H13ClN4O2S2/c15-9-3-1-2-8(6-9)12(21)17-13-18-19-14(23-13)22-7-11(20)16-10-4-5-10/h1-3,6,10H,4-5,7H2,(H,16,20)(H,17,18,21). The number of hydrogen-bond donors (Lipinski definition) is 2. The van der Waals surface area contributed by atoms with Gasteiger partial charge in [0.2, 0.25) is 11.0 Å². The average Bonchev–Trinajstić information content (AvgIpc) is 3.22.